The van der Waals surface area contributed by atoms with E-state index in [-0.39, 0.29) is 30.3 Å². The van der Waals surface area contributed by atoms with Gasteiger partial charge in [-0.1, -0.05) is 30.9 Å². The van der Waals surface area contributed by atoms with E-state index in [1.54, 1.807) is 13.8 Å². The van der Waals surface area contributed by atoms with E-state index in [0.29, 0.717) is 0 Å². The summed E-state index contributed by atoms with van der Waals surface area (Å²) < 4.78 is 18.9. The molecule has 0 saturated heterocycles. The van der Waals surface area contributed by atoms with E-state index in [1.165, 1.54) is 0 Å². The van der Waals surface area contributed by atoms with Crippen LogP contribution in [-0.2, 0) is 30.7 Å². The van der Waals surface area contributed by atoms with E-state index in [4.69, 9.17) is 0 Å². The third-order valence-corrected chi connectivity index (χ3v) is 2.57. The number of rotatable bonds is 4. The fourth-order valence-corrected chi connectivity index (χ4v) is 1.54. The molecule has 0 saturated carbocycles. The van der Waals surface area contributed by atoms with Crippen LogP contribution in [0, 0.1) is 6.42 Å². The Morgan fingerprint density at radius 3 is 2.00 bits per heavy atom. The van der Waals surface area contributed by atoms with Gasteiger partial charge in [0.05, 0.1) is 13.2 Å². The summed E-state index contributed by atoms with van der Waals surface area (Å²) in [6.45, 7) is 7.15. The maximum absolute atomic E-state index is 10.4. The molecule has 17 heavy (non-hydrogen) atoms. The second kappa shape index (κ2) is 11.0. The monoisotopic (exact) mass is 299 g/mol. The molecule has 0 bridgehead atoms. The minimum absolute atomic E-state index is 0. The van der Waals surface area contributed by atoms with Crippen molar-refractivity contribution in [2.24, 2.45) is 0 Å². The zero-order chi connectivity index (χ0) is 12.4. The molecule has 0 amide bonds. The normalized spacial score (nSPS) is 13.7. The maximum atomic E-state index is 10.4. The fourth-order valence-electron chi connectivity index (χ4n) is 0.832. The molecule has 0 unspecified atom stereocenters. The smallest absolute Gasteiger partial charge is 0.267 e. The molecule has 0 aromatic heterocycles. The van der Waals surface area contributed by atoms with E-state index in [9.17, 15) is 9.46 Å². The van der Waals surface area contributed by atoms with Crippen LogP contribution in [0.3, 0.4) is 0 Å². The van der Waals surface area contributed by atoms with Crippen LogP contribution in [0.25, 0.3) is 0 Å². The molecule has 0 aromatic rings. The van der Waals surface area contributed by atoms with E-state index >= 15 is 0 Å². The summed E-state index contributed by atoms with van der Waals surface area (Å²) in [5.74, 6) is 0. The minimum atomic E-state index is -3.94. The molecule has 0 fully saturated rings. The summed E-state index contributed by atoms with van der Waals surface area (Å²) >= 11 is 0. The predicted molar refractivity (Wildman–Crippen MR) is 62.6 cm³/mol. The number of phosphoric acid groups is 1. The van der Waals surface area contributed by atoms with Crippen molar-refractivity contribution in [2.45, 2.75) is 13.8 Å². The van der Waals surface area contributed by atoms with Crippen LogP contribution in [0.2, 0.25) is 0 Å². The number of phosphoric ester groups is 1. The maximum Gasteiger partial charge on any atom is 0.267 e. The Hall–Kier alpha value is -0.151. The van der Waals surface area contributed by atoms with Crippen LogP contribution in [0.1, 0.15) is 13.8 Å². The quantitative estimate of drug-likeness (QED) is 0.591. The molecule has 0 N–H and O–H groups in total. The third-order valence-electron chi connectivity index (χ3n) is 1.42. The molecule has 0 aliphatic heterocycles. The summed E-state index contributed by atoms with van der Waals surface area (Å²) in [5.41, 5.74) is 1.07. The van der Waals surface area contributed by atoms with Crippen LogP contribution in [0.5, 0.6) is 0 Å². The van der Waals surface area contributed by atoms with Gasteiger partial charge < -0.3 is 13.9 Å². The summed E-state index contributed by atoms with van der Waals surface area (Å²) in [6, 6.07) is 0. The Morgan fingerprint density at radius 2 is 1.76 bits per heavy atom. The van der Waals surface area contributed by atoms with Gasteiger partial charge in [0, 0.05) is 23.5 Å². The van der Waals surface area contributed by atoms with Crippen molar-refractivity contribution in [3.05, 3.63) is 42.9 Å². The Bertz CT molecular complexity index is 303. The minimum Gasteiger partial charge on any atom is -0.756 e. The van der Waals surface area contributed by atoms with Crippen LogP contribution >= 0.6 is 7.82 Å². The van der Waals surface area contributed by atoms with Crippen molar-refractivity contribution in [3.63, 3.8) is 0 Å². The van der Waals surface area contributed by atoms with E-state index in [1.807, 2.05) is 30.7 Å². The zero-order valence-electron chi connectivity index (χ0n) is 9.97. The molecule has 0 spiro atoms. The molecule has 4 nitrogen and oxygen atoms in total. The van der Waals surface area contributed by atoms with Gasteiger partial charge in [-0.25, -0.2) is 0 Å². The molecule has 98 valence electrons. The molecule has 2 radical (unpaired) electrons. The van der Waals surface area contributed by atoms with Crippen molar-refractivity contribution in [1.29, 1.82) is 0 Å². The van der Waals surface area contributed by atoms with Gasteiger partial charge in [0.1, 0.15) is 0 Å². The first kappa shape index (κ1) is 19.2. The second-order valence-corrected chi connectivity index (χ2v) is 4.18. The van der Waals surface area contributed by atoms with Crippen LogP contribution in [0.15, 0.2) is 36.5 Å². The van der Waals surface area contributed by atoms with Gasteiger partial charge in [0.25, 0.3) is 7.82 Å². The van der Waals surface area contributed by atoms with Crippen molar-refractivity contribution >= 4 is 7.82 Å². The van der Waals surface area contributed by atoms with Gasteiger partial charge in [0.15, 0.2) is 0 Å². The Morgan fingerprint density at radius 1 is 1.24 bits per heavy atom. The van der Waals surface area contributed by atoms with E-state index in [0.717, 1.165) is 5.57 Å². The summed E-state index contributed by atoms with van der Waals surface area (Å²) in [4.78, 5) is 10.4. The van der Waals surface area contributed by atoms with Gasteiger partial charge >= 0.3 is 0 Å². The molecular weight excluding hydrogens is 282 g/mol. The van der Waals surface area contributed by atoms with Crippen LogP contribution < -0.4 is 4.89 Å². The first-order valence-electron chi connectivity index (χ1n) is 4.99. The van der Waals surface area contributed by atoms with Crippen LogP contribution in [0.4, 0.5) is 0 Å². The van der Waals surface area contributed by atoms with Crippen molar-refractivity contribution < 1.29 is 35.6 Å². The molecule has 0 heterocycles. The molecule has 0 atom stereocenters. The number of hydrogen-bond acceptors (Lipinski definition) is 4. The average molecular weight is 299 g/mol. The molecular formula is C11H17MnO4P-. The summed E-state index contributed by atoms with van der Waals surface area (Å²) in [5, 5.41) is 0. The number of allylic oxidation sites excluding steroid dienone is 5. The standard InChI is InChI=1S/C7H7.C4H11O4P.Mn/c1-7-5-3-2-4-6-7;1-3-7-9(5,6)8-4-2;/h2-6H,1H2;3-4H2,1-2H3,(H,5,6);/p-1. The molecule has 0 aromatic carbocycles. The van der Waals surface area contributed by atoms with Crippen molar-refractivity contribution in [2.75, 3.05) is 13.2 Å². The van der Waals surface area contributed by atoms with Gasteiger partial charge in [-0.15, -0.1) is 0 Å². The Kier molecular flexibility index (Phi) is 12.4. The van der Waals surface area contributed by atoms with E-state index in [2.05, 4.69) is 15.6 Å². The average Bonchev–Trinajstić information content (AvgIpc) is 2.19. The first-order valence-corrected chi connectivity index (χ1v) is 6.45. The molecule has 1 aliphatic rings. The largest absolute Gasteiger partial charge is 0.756 e. The second-order valence-electron chi connectivity index (χ2n) is 2.77. The van der Waals surface area contributed by atoms with Crippen molar-refractivity contribution in [3.8, 4) is 0 Å². The third kappa shape index (κ3) is 12.1. The van der Waals surface area contributed by atoms with Gasteiger partial charge in [-0.2, -0.15) is 0 Å². The predicted octanol–water partition coefficient (Wildman–Crippen LogP) is 2.40. The van der Waals surface area contributed by atoms with Gasteiger partial charge in [-0.3, -0.25) is 4.57 Å². The van der Waals surface area contributed by atoms with Crippen LogP contribution in [-0.4, -0.2) is 13.2 Å². The van der Waals surface area contributed by atoms with E-state index < -0.39 is 7.82 Å². The molecule has 1 rings (SSSR count). The zero-order valence-corrected chi connectivity index (χ0v) is 12.0. The molecule has 1 aliphatic carbocycles. The van der Waals surface area contributed by atoms with Crippen molar-refractivity contribution in [1.82, 2.24) is 0 Å². The molecule has 6 heteroatoms. The first-order chi connectivity index (χ1) is 7.52. The Balaban J connectivity index is 0. The summed E-state index contributed by atoms with van der Waals surface area (Å²) in [7, 11) is -3.94. The topological polar surface area (TPSA) is 58.6 Å². The Labute approximate surface area is 113 Å². The van der Waals surface area contributed by atoms with Gasteiger partial charge in [0.2, 0.25) is 0 Å². The SMILES string of the molecule is C=C1[CH]C=CC=C1.CCOP(=O)([O-])OCC.[Mn]. The van der Waals surface area contributed by atoms with Gasteiger partial charge in [-0.05, 0) is 19.4 Å². The summed E-state index contributed by atoms with van der Waals surface area (Å²) in [6.07, 6.45) is 9.87. The fraction of sp³-hybridized carbons (Fsp3) is 0.364. The number of hydrogen-bond donors (Lipinski definition) is 0.